The second-order valence-electron chi connectivity index (χ2n) is 9.82. The van der Waals surface area contributed by atoms with Crippen molar-refractivity contribution in [3.05, 3.63) is 88.2 Å². The molecular formula is C29H33N2O3Si+. The molecule has 0 unspecified atom stereocenters. The number of benzene rings is 2. The summed E-state index contributed by atoms with van der Waals surface area (Å²) in [7, 11) is 3.37. The lowest BCUT2D eigenvalue weighted by atomic mass is 9.87. The van der Waals surface area contributed by atoms with Crippen molar-refractivity contribution in [2.45, 2.75) is 32.9 Å². The Morgan fingerprint density at radius 2 is 1.74 bits per heavy atom. The number of carbonyl (C=O) groups is 2. The predicted molar refractivity (Wildman–Crippen MR) is 145 cm³/mol. The van der Waals surface area contributed by atoms with E-state index in [1.165, 1.54) is 51.0 Å². The van der Waals surface area contributed by atoms with E-state index in [9.17, 15) is 9.59 Å². The maximum absolute atomic E-state index is 12.5. The van der Waals surface area contributed by atoms with Crippen LogP contribution in [0.1, 0.15) is 29.5 Å². The number of nitrogens with one attached hydrogen (secondary N) is 1. The van der Waals surface area contributed by atoms with Crippen molar-refractivity contribution in [3.63, 3.8) is 0 Å². The Morgan fingerprint density at radius 3 is 2.43 bits per heavy atom. The van der Waals surface area contributed by atoms with Crippen molar-refractivity contribution in [2.75, 3.05) is 26.5 Å². The van der Waals surface area contributed by atoms with Gasteiger partial charge in [0.25, 0.3) is 0 Å². The van der Waals surface area contributed by atoms with Gasteiger partial charge in [-0.15, -0.1) is 0 Å². The molecule has 0 saturated heterocycles. The molecule has 1 N–H and O–H groups in total. The Bertz CT molecular complexity index is 1340. The number of aryl methyl sites for hydroxylation is 1. The summed E-state index contributed by atoms with van der Waals surface area (Å²) < 4.78 is 6.80. The number of hydrogen-bond acceptors (Lipinski definition) is 3. The normalized spacial score (nSPS) is 15.7. The van der Waals surface area contributed by atoms with Crippen LogP contribution >= 0.6 is 0 Å². The van der Waals surface area contributed by atoms with E-state index in [1.54, 1.807) is 0 Å². The topological polar surface area (TPSA) is 58.4 Å². The van der Waals surface area contributed by atoms with Gasteiger partial charge in [0, 0.05) is 24.3 Å². The molecule has 1 aliphatic heterocycles. The number of carbonyl (C=O) groups excluding carboxylic acids is 2. The van der Waals surface area contributed by atoms with E-state index in [1.807, 2.05) is 6.07 Å². The summed E-state index contributed by atoms with van der Waals surface area (Å²) in [4.78, 5) is 23.9. The number of amides is 1. The van der Waals surface area contributed by atoms with Crippen LogP contribution in [0.25, 0.3) is 5.57 Å². The average Bonchev–Trinajstić information content (AvgIpc) is 2.83. The van der Waals surface area contributed by atoms with Crippen LogP contribution in [0.4, 0.5) is 5.69 Å². The monoisotopic (exact) mass is 485 g/mol. The van der Waals surface area contributed by atoms with E-state index in [2.05, 4.69) is 103 Å². The van der Waals surface area contributed by atoms with Crippen LogP contribution in [-0.4, -0.2) is 51.4 Å². The van der Waals surface area contributed by atoms with Crippen LogP contribution in [0.15, 0.2) is 71.5 Å². The Balaban J connectivity index is 1.85. The number of esters is 1. The van der Waals surface area contributed by atoms with Gasteiger partial charge >= 0.3 is 5.97 Å². The molecular weight excluding hydrogens is 452 g/mol. The van der Waals surface area contributed by atoms with Gasteiger partial charge in [-0.05, 0) is 63.4 Å². The summed E-state index contributed by atoms with van der Waals surface area (Å²) in [6.45, 7) is 6.91. The summed E-state index contributed by atoms with van der Waals surface area (Å²) in [6, 6.07) is 14.8. The predicted octanol–water partition coefficient (Wildman–Crippen LogP) is 4.37. The van der Waals surface area contributed by atoms with Gasteiger partial charge in [-0.1, -0.05) is 43.4 Å². The molecule has 0 radical (unpaired) electrons. The first-order chi connectivity index (χ1) is 16.6. The standard InChI is InChI=1S/C29H32N2O3Si/c1-19-9-7-8-10-22(19)29-23-13-11-20(30-27(32)15-16-28(33)34-4)17-25(23)35(5,6)26-18-21(31(2)3)12-14-24(26)29/h7-14,17-18H,15-16H2,1-6H3/p+1. The van der Waals surface area contributed by atoms with Crippen molar-refractivity contribution in [2.24, 2.45) is 0 Å². The van der Waals surface area contributed by atoms with Crippen LogP contribution < -0.4 is 10.5 Å². The lowest BCUT2D eigenvalue weighted by Crippen LogP contribution is -2.49. The van der Waals surface area contributed by atoms with Gasteiger partial charge in [0.05, 0.1) is 13.5 Å². The minimum absolute atomic E-state index is 0.0689. The summed E-state index contributed by atoms with van der Waals surface area (Å²) in [5.74, 6) is -0.575. The zero-order chi connectivity index (χ0) is 25.3. The van der Waals surface area contributed by atoms with Crippen molar-refractivity contribution >= 4 is 42.1 Å². The van der Waals surface area contributed by atoms with Gasteiger partial charge in [0.1, 0.15) is 22.2 Å². The second-order valence-corrected chi connectivity index (χ2v) is 14.2. The minimum Gasteiger partial charge on any atom is -0.469 e. The number of ether oxygens (including phenoxy) is 1. The van der Waals surface area contributed by atoms with E-state index in [0.29, 0.717) is 0 Å². The molecule has 6 heteroatoms. The highest BCUT2D eigenvalue weighted by Crippen LogP contribution is 2.42. The van der Waals surface area contributed by atoms with Crippen molar-refractivity contribution in [3.8, 4) is 0 Å². The average molecular weight is 486 g/mol. The van der Waals surface area contributed by atoms with E-state index < -0.39 is 8.07 Å². The first kappa shape index (κ1) is 24.6. The molecule has 0 fully saturated rings. The zero-order valence-corrected chi connectivity index (χ0v) is 22.4. The Kier molecular flexibility index (Phi) is 6.76. The van der Waals surface area contributed by atoms with Gasteiger partial charge in [-0.25, -0.2) is 4.58 Å². The molecule has 1 amide bonds. The molecule has 0 atom stereocenters. The molecule has 1 aliphatic carbocycles. The quantitative estimate of drug-likeness (QED) is 0.389. The van der Waals surface area contributed by atoms with Gasteiger partial charge in [0.15, 0.2) is 5.71 Å². The fraction of sp³-hybridized carbons (Fsp3) is 0.276. The third kappa shape index (κ3) is 4.71. The molecule has 35 heavy (non-hydrogen) atoms. The highest BCUT2D eigenvalue weighted by Gasteiger charge is 2.40. The van der Waals surface area contributed by atoms with Crippen LogP contribution in [0.5, 0.6) is 0 Å². The largest absolute Gasteiger partial charge is 0.469 e. The number of methoxy groups -OCH3 is 1. The van der Waals surface area contributed by atoms with Crippen LogP contribution in [0.3, 0.4) is 0 Å². The number of fused-ring (bicyclic) bond motifs is 2. The van der Waals surface area contributed by atoms with E-state index in [0.717, 1.165) is 5.69 Å². The van der Waals surface area contributed by atoms with Gasteiger partial charge < -0.3 is 10.1 Å². The van der Waals surface area contributed by atoms with Crippen molar-refractivity contribution in [1.82, 2.24) is 0 Å². The highest BCUT2D eigenvalue weighted by molar-refractivity contribution is 6.98. The summed E-state index contributed by atoms with van der Waals surface area (Å²) in [5, 5.41) is 5.68. The second kappa shape index (κ2) is 9.62. The molecule has 5 nitrogen and oxygen atoms in total. The fourth-order valence-corrected chi connectivity index (χ4v) is 7.96. The summed E-state index contributed by atoms with van der Waals surface area (Å²) in [5.41, 5.74) is 8.18. The number of rotatable bonds is 5. The molecule has 0 aromatic heterocycles. The third-order valence-corrected chi connectivity index (χ3v) is 10.4. The molecule has 4 rings (SSSR count). The zero-order valence-electron chi connectivity index (χ0n) is 21.4. The SMILES string of the molecule is COC(=O)CCC(=O)Nc1ccc2c(c1)[Si](C)(C)C1=CC(=[N+](C)C)C=CC1=C2c1ccccc1C. The van der Waals surface area contributed by atoms with Crippen LogP contribution in [0, 0.1) is 6.92 Å². The molecule has 0 spiro atoms. The molecule has 0 bridgehead atoms. The van der Waals surface area contributed by atoms with Gasteiger partial charge in [0.2, 0.25) is 5.91 Å². The molecule has 0 saturated carbocycles. The smallest absolute Gasteiger partial charge is 0.306 e. The van der Waals surface area contributed by atoms with Crippen molar-refractivity contribution < 1.29 is 18.9 Å². The minimum atomic E-state index is -2.10. The Hall–Kier alpha value is -3.51. The molecule has 2 aromatic rings. The highest BCUT2D eigenvalue weighted by atomic mass is 28.3. The Labute approximate surface area is 208 Å². The van der Waals surface area contributed by atoms with E-state index in [4.69, 9.17) is 0 Å². The number of hydrogen-bond donors (Lipinski definition) is 1. The number of anilines is 1. The van der Waals surface area contributed by atoms with E-state index in [-0.39, 0.29) is 24.7 Å². The fourth-order valence-electron chi connectivity index (χ4n) is 4.88. The van der Waals surface area contributed by atoms with Crippen molar-refractivity contribution in [1.29, 1.82) is 0 Å². The lowest BCUT2D eigenvalue weighted by Gasteiger charge is -2.38. The Morgan fingerprint density at radius 1 is 1.00 bits per heavy atom. The summed E-state index contributed by atoms with van der Waals surface area (Å²) in [6.07, 6.45) is 6.97. The number of nitrogens with zero attached hydrogens (tertiary/aromatic N) is 1. The third-order valence-electron chi connectivity index (χ3n) is 6.91. The first-order valence-corrected chi connectivity index (χ1v) is 14.9. The van der Waals surface area contributed by atoms with E-state index >= 15 is 0 Å². The molecule has 180 valence electrons. The molecule has 1 heterocycles. The maximum atomic E-state index is 12.5. The molecule has 2 aromatic carbocycles. The van der Waals surface area contributed by atoms with Crippen LogP contribution in [-0.2, 0) is 14.3 Å². The first-order valence-electron chi connectivity index (χ1n) is 11.9. The molecule has 2 aliphatic rings. The number of allylic oxidation sites excluding steroid dienone is 5. The summed E-state index contributed by atoms with van der Waals surface area (Å²) >= 11 is 0. The van der Waals surface area contributed by atoms with Gasteiger partial charge in [-0.2, -0.15) is 0 Å². The van der Waals surface area contributed by atoms with Crippen LogP contribution in [0.2, 0.25) is 13.1 Å². The lowest BCUT2D eigenvalue weighted by molar-refractivity contribution is -0.462. The van der Waals surface area contributed by atoms with Gasteiger partial charge in [-0.3, -0.25) is 9.59 Å². The maximum Gasteiger partial charge on any atom is 0.306 e.